The van der Waals surface area contributed by atoms with E-state index in [9.17, 15) is 43.2 Å². The number of esters is 6. The fraction of sp³-hybridized carbons (Fsp3) is 0.852. The summed E-state index contributed by atoms with van der Waals surface area (Å²) < 4.78 is 56.6. The molecule has 0 aliphatic rings. The van der Waals surface area contributed by atoms with Crippen LogP contribution in [0.3, 0.4) is 0 Å². The molecule has 0 fully saturated rings. The molecule has 0 atom stereocenters. The predicted molar refractivity (Wildman–Crippen MR) is 323 cm³/mol. The maximum absolute atomic E-state index is 11.9. The summed E-state index contributed by atoms with van der Waals surface area (Å²) in [7, 11) is 3.70. The van der Waals surface area contributed by atoms with Crippen molar-refractivity contribution in [1.29, 1.82) is 0 Å². The van der Waals surface area contributed by atoms with Gasteiger partial charge in [0.1, 0.15) is 33.0 Å². The lowest BCUT2D eigenvalue weighted by atomic mass is 10.1. The number of hydrogen-bond acceptors (Lipinski definition) is 22. The highest BCUT2D eigenvalue weighted by molar-refractivity contribution is 5.76. The first-order valence-electron chi connectivity index (χ1n) is 31.6. The number of carbonyl (C=O) groups is 9. The first-order valence-corrected chi connectivity index (χ1v) is 31.6. The molecule has 25 nitrogen and oxygen atoms in total. The third-order valence-electron chi connectivity index (χ3n) is 12.3. The SMILES string of the molecule is CCOC(=O)CCCCCOC(=O)CCCCCCCNC(=O)OCCOC(=O)CCN(C)CCC(=O)NCCOC(C)C.CCOCCOC(=O)CCCCCOC(=O)NCCCCCCCC(=O)OCCN(C)CCC(=O)OCCOC(C)C. The Morgan fingerprint density at radius 2 is 0.674 bits per heavy atom. The van der Waals surface area contributed by atoms with E-state index in [0.29, 0.717) is 144 Å². The molecular weight excluding hydrogens is 1120 g/mol. The van der Waals surface area contributed by atoms with Gasteiger partial charge in [-0.3, -0.25) is 33.6 Å². The number of nitrogens with zero attached hydrogens (tertiary/aromatic N) is 2. The van der Waals surface area contributed by atoms with Crippen LogP contribution in [0.2, 0.25) is 0 Å². The minimum absolute atomic E-state index is 0.0191. The van der Waals surface area contributed by atoms with Crippen LogP contribution in [0.5, 0.6) is 0 Å². The Labute approximate surface area is 514 Å². The van der Waals surface area contributed by atoms with Gasteiger partial charge in [-0.15, -0.1) is 0 Å². The van der Waals surface area contributed by atoms with E-state index in [-0.39, 0.29) is 87.2 Å². The molecule has 0 spiro atoms. The zero-order valence-corrected chi connectivity index (χ0v) is 53.9. The number of nitrogens with one attached hydrogen (secondary N) is 3. The summed E-state index contributed by atoms with van der Waals surface area (Å²) in [6, 6.07) is 0. The van der Waals surface area contributed by atoms with E-state index in [0.717, 1.165) is 89.9 Å². The van der Waals surface area contributed by atoms with Crippen LogP contribution in [-0.2, 0) is 85.7 Å². The molecule has 0 aromatic heterocycles. The first-order chi connectivity index (χ1) is 41.4. The summed E-state index contributed by atoms with van der Waals surface area (Å²) in [6.45, 7) is 18.7. The second-order valence-corrected chi connectivity index (χ2v) is 20.9. The number of ether oxygens (including phenoxy) is 11. The summed E-state index contributed by atoms with van der Waals surface area (Å²) in [4.78, 5) is 109. The number of rotatable bonds is 56. The molecule has 0 aromatic rings. The minimum atomic E-state index is -0.557. The van der Waals surface area contributed by atoms with Crippen molar-refractivity contribution in [3.05, 3.63) is 0 Å². The van der Waals surface area contributed by atoms with Crippen LogP contribution in [-0.4, -0.2) is 215 Å². The van der Waals surface area contributed by atoms with Gasteiger partial charge in [0.15, 0.2) is 0 Å². The van der Waals surface area contributed by atoms with Gasteiger partial charge in [-0.2, -0.15) is 0 Å². The number of amides is 3. The molecule has 0 bridgehead atoms. The molecule has 86 heavy (non-hydrogen) atoms. The van der Waals surface area contributed by atoms with Crippen molar-refractivity contribution in [2.24, 2.45) is 0 Å². The van der Waals surface area contributed by atoms with Crippen molar-refractivity contribution in [2.45, 2.75) is 201 Å². The van der Waals surface area contributed by atoms with Crippen LogP contribution in [0.1, 0.15) is 189 Å². The van der Waals surface area contributed by atoms with E-state index in [1.807, 2.05) is 58.5 Å². The largest absolute Gasteiger partial charge is 0.466 e. The fourth-order valence-electron chi connectivity index (χ4n) is 7.43. The molecule has 0 aliphatic heterocycles. The highest BCUT2D eigenvalue weighted by Crippen LogP contribution is 2.09. The third-order valence-corrected chi connectivity index (χ3v) is 12.3. The monoisotopic (exact) mass is 1240 g/mol. The van der Waals surface area contributed by atoms with Crippen molar-refractivity contribution in [2.75, 3.05) is 139 Å². The lowest BCUT2D eigenvalue weighted by Crippen LogP contribution is -2.32. The second-order valence-electron chi connectivity index (χ2n) is 20.9. The van der Waals surface area contributed by atoms with Crippen molar-refractivity contribution in [1.82, 2.24) is 25.8 Å². The Morgan fingerprint density at radius 1 is 0.314 bits per heavy atom. The number of likely N-dealkylation sites (N-methyl/N-ethyl adjacent to an activating group) is 1. The van der Waals surface area contributed by atoms with E-state index in [1.165, 1.54) is 0 Å². The van der Waals surface area contributed by atoms with Crippen LogP contribution in [0.25, 0.3) is 0 Å². The smallest absolute Gasteiger partial charge is 0.407 e. The molecule has 0 saturated carbocycles. The van der Waals surface area contributed by atoms with E-state index in [1.54, 1.807) is 6.92 Å². The van der Waals surface area contributed by atoms with Gasteiger partial charge in [0.2, 0.25) is 5.91 Å². The lowest BCUT2D eigenvalue weighted by molar-refractivity contribution is -0.147. The van der Waals surface area contributed by atoms with Gasteiger partial charge < -0.3 is 77.9 Å². The second kappa shape index (κ2) is 61.3. The summed E-state index contributed by atoms with van der Waals surface area (Å²) in [5, 5.41) is 8.20. The zero-order chi connectivity index (χ0) is 64.1. The minimum Gasteiger partial charge on any atom is -0.466 e. The summed E-state index contributed by atoms with van der Waals surface area (Å²) in [5.41, 5.74) is 0. The topological polar surface area (TPSA) is 298 Å². The number of carbonyl (C=O) groups excluding carboxylic acids is 9. The Bertz CT molecular complexity index is 1740. The van der Waals surface area contributed by atoms with Gasteiger partial charge in [-0.05, 0) is 120 Å². The van der Waals surface area contributed by atoms with Crippen LogP contribution >= 0.6 is 0 Å². The Balaban J connectivity index is 0. The van der Waals surface area contributed by atoms with Crippen LogP contribution < -0.4 is 16.0 Å². The standard InChI is InChI=1S/C31H57N3O10.C30H56N2O10/c1-5-40-28(36)14-11-9-13-22-42-29(37)15-10-7-6-8-12-18-33-31(39)44-25-24-43-30(38)17-21-34(4)20-16-27(35)32-19-23-41-26(2)3;1-5-37-22-23-40-28(34)15-11-9-13-20-42-30(36)31-17-12-8-6-7-10-14-27(33)39-21-19-32(4)18-16-29(35)41-25-24-38-26(2)3/h26H,5-25H2,1-4H3,(H,32,35)(H,33,39);26H,5-25H2,1-4H3,(H,31,36). The van der Waals surface area contributed by atoms with Gasteiger partial charge >= 0.3 is 48.0 Å². The number of hydrogen-bond donors (Lipinski definition) is 3. The van der Waals surface area contributed by atoms with Crippen molar-refractivity contribution >= 4 is 53.9 Å². The maximum atomic E-state index is 11.9. The van der Waals surface area contributed by atoms with Crippen molar-refractivity contribution in [3.63, 3.8) is 0 Å². The predicted octanol–water partition coefficient (Wildman–Crippen LogP) is 7.54. The third kappa shape index (κ3) is 64.6. The van der Waals surface area contributed by atoms with Gasteiger partial charge in [-0.1, -0.05) is 38.5 Å². The van der Waals surface area contributed by atoms with Crippen LogP contribution in [0, 0.1) is 0 Å². The van der Waals surface area contributed by atoms with E-state index >= 15 is 0 Å². The van der Waals surface area contributed by atoms with E-state index < -0.39 is 18.2 Å². The maximum Gasteiger partial charge on any atom is 0.407 e. The summed E-state index contributed by atoms with van der Waals surface area (Å²) >= 11 is 0. The first kappa shape index (κ1) is 82.7. The fourth-order valence-corrected chi connectivity index (χ4v) is 7.43. The summed E-state index contributed by atoms with van der Waals surface area (Å²) in [5.74, 6) is -1.56. The Hall–Kier alpha value is -5.37. The molecule has 0 heterocycles. The van der Waals surface area contributed by atoms with Gasteiger partial charge in [0.05, 0.1) is 64.7 Å². The molecular formula is C61H113N5O20. The van der Waals surface area contributed by atoms with Gasteiger partial charge in [0, 0.05) is 84.5 Å². The Morgan fingerprint density at radius 3 is 1.17 bits per heavy atom. The molecule has 3 N–H and O–H groups in total. The highest BCUT2D eigenvalue weighted by atomic mass is 16.6. The van der Waals surface area contributed by atoms with Crippen LogP contribution in [0.15, 0.2) is 0 Å². The molecule has 25 heteroatoms. The molecule has 0 aromatic carbocycles. The van der Waals surface area contributed by atoms with E-state index in [2.05, 4.69) is 16.0 Å². The number of unbranched alkanes of at least 4 members (excludes halogenated alkanes) is 12. The van der Waals surface area contributed by atoms with Crippen LogP contribution in [0.4, 0.5) is 9.59 Å². The molecule has 0 radical (unpaired) electrons. The van der Waals surface area contributed by atoms with E-state index in [4.69, 9.17) is 52.1 Å². The van der Waals surface area contributed by atoms with Gasteiger partial charge in [-0.25, -0.2) is 9.59 Å². The highest BCUT2D eigenvalue weighted by Gasteiger charge is 2.12. The van der Waals surface area contributed by atoms with Crippen molar-refractivity contribution < 1.29 is 95.3 Å². The normalized spacial score (nSPS) is 10.9. The molecule has 0 aliphatic carbocycles. The quantitative estimate of drug-likeness (QED) is 0.0301. The molecule has 3 amide bonds. The molecule has 502 valence electrons. The average molecular weight is 1240 g/mol. The molecule has 0 rings (SSSR count). The van der Waals surface area contributed by atoms with Crippen molar-refractivity contribution in [3.8, 4) is 0 Å². The Kier molecular flexibility index (Phi) is 58.9. The summed E-state index contributed by atoms with van der Waals surface area (Å²) in [6.07, 6.45) is 14.8. The van der Waals surface area contributed by atoms with Gasteiger partial charge in [0.25, 0.3) is 0 Å². The zero-order valence-electron chi connectivity index (χ0n) is 53.9. The number of alkyl carbamates (subject to hydrolysis) is 2. The molecule has 0 saturated heterocycles. The lowest BCUT2D eigenvalue weighted by Gasteiger charge is -2.16. The molecule has 0 unspecified atom stereocenters. The average Bonchev–Trinajstić information content (AvgIpc) is 3.47.